The van der Waals surface area contributed by atoms with Gasteiger partial charge in [0.2, 0.25) is 0 Å². The van der Waals surface area contributed by atoms with E-state index in [1.165, 1.54) is 18.3 Å². The predicted octanol–water partition coefficient (Wildman–Crippen LogP) is 2.73. The maximum absolute atomic E-state index is 12.0. The van der Waals surface area contributed by atoms with Gasteiger partial charge >= 0.3 is 5.69 Å². The molecule has 0 saturated carbocycles. The number of anilines is 1. The molecule has 0 saturated heterocycles. The summed E-state index contributed by atoms with van der Waals surface area (Å²) >= 11 is 0. The first-order valence-corrected chi connectivity index (χ1v) is 7.62. The number of ether oxygens (including phenoxy) is 1. The SMILES string of the molecule is CCCOc1ccc(/C=N\NC(=O)c2ccccc2N)cc1[N+](=O)[O-]. The minimum Gasteiger partial charge on any atom is -0.487 e. The van der Waals surface area contributed by atoms with Gasteiger partial charge in [-0.25, -0.2) is 5.43 Å². The summed E-state index contributed by atoms with van der Waals surface area (Å²) in [6.07, 6.45) is 2.06. The number of hydrogen-bond acceptors (Lipinski definition) is 6. The number of nitrogens with two attached hydrogens (primary N) is 1. The maximum Gasteiger partial charge on any atom is 0.311 e. The highest BCUT2D eigenvalue weighted by molar-refractivity contribution is 5.99. The standard InChI is InChI=1S/C17H18N4O4/c1-2-9-25-16-8-7-12(10-15(16)21(23)24)11-19-20-17(22)13-5-3-4-6-14(13)18/h3-8,10-11H,2,9,18H2,1H3,(H,20,22)/b19-11-. The van der Waals surface area contributed by atoms with Crippen LogP contribution in [0.4, 0.5) is 11.4 Å². The summed E-state index contributed by atoms with van der Waals surface area (Å²) in [5.74, 6) is -0.267. The summed E-state index contributed by atoms with van der Waals surface area (Å²) in [5, 5.41) is 14.9. The lowest BCUT2D eigenvalue weighted by Gasteiger charge is -2.06. The number of para-hydroxylation sites is 1. The number of benzene rings is 2. The number of nitro benzene ring substituents is 1. The molecule has 0 unspecified atom stereocenters. The van der Waals surface area contributed by atoms with Gasteiger partial charge in [-0.2, -0.15) is 5.10 Å². The molecule has 2 rings (SSSR count). The number of rotatable bonds is 7. The number of nitro groups is 1. The molecule has 0 heterocycles. The van der Waals surface area contributed by atoms with Crippen LogP contribution in [0.3, 0.4) is 0 Å². The third-order valence-corrected chi connectivity index (χ3v) is 3.23. The van der Waals surface area contributed by atoms with E-state index in [1.54, 1.807) is 30.3 Å². The van der Waals surface area contributed by atoms with Crippen molar-refractivity contribution in [2.75, 3.05) is 12.3 Å². The molecule has 0 spiro atoms. The molecular formula is C17H18N4O4. The average molecular weight is 342 g/mol. The lowest BCUT2D eigenvalue weighted by Crippen LogP contribution is -2.19. The van der Waals surface area contributed by atoms with E-state index in [1.807, 2.05) is 6.92 Å². The molecule has 130 valence electrons. The quantitative estimate of drug-likeness (QED) is 0.347. The first kappa shape index (κ1) is 17.9. The molecule has 0 aliphatic carbocycles. The number of nitrogens with zero attached hydrogens (tertiary/aromatic N) is 2. The fraction of sp³-hybridized carbons (Fsp3) is 0.176. The lowest BCUT2D eigenvalue weighted by molar-refractivity contribution is -0.385. The van der Waals surface area contributed by atoms with Crippen molar-refractivity contribution in [3.63, 3.8) is 0 Å². The Kier molecular flexibility index (Phi) is 6.05. The fourth-order valence-corrected chi connectivity index (χ4v) is 2.02. The van der Waals surface area contributed by atoms with Crippen molar-refractivity contribution in [2.24, 2.45) is 5.10 Å². The number of hydrazone groups is 1. The summed E-state index contributed by atoms with van der Waals surface area (Å²) in [6, 6.07) is 11.0. The first-order chi connectivity index (χ1) is 12.0. The van der Waals surface area contributed by atoms with Gasteiger partial charge in [0.25, 0.3) is 5.91 Å². The van der Waals surface area contributed by atoms with E-state index in [-0.39, 0.29) is 11.4 Å². The minimum absolute atomic E-state index is 0.156. The fourth-order valence-electron chi connectivity index (χ4n) is 2.02. The van der Waals surface area contributed by atoms with E-state index >= 15 is 0 Å². The van der Waals surface area contributed by atoms with Crippen LogP contribution in [-0.2, 0) is 0 Å². The number of carbonyl (C=O) groups is 1. The van der Waals surface area contributed by atoms with Crippen molar-refractivity contribution in [1.82, 2.24) is 5.43 Å². The summed E-state index contributed by atoms with van der Waals surface area (Å²) in [5.41, 5.74) is 8.98. The first-order valence-electron chi connectivity index (χ1n) is 7.62. The second-order valence-electron chi connectivity index (χ2n) is 5.12. The van der Waals surface area contributed by atoms with Gasteiger partial charge in [-0.05, 0) is 30.7 Å². The Bertz CT molecular complexity index is 805. The molecule has 1 amide bonds. The van der Waals surface area contributed by atoms with Crippen molar-refractivity contribution in [2.45, 2.75) is 13.3 Å². The van der Waals surface area contributed by atoms with Crippen molar-refractivity contribution < 1.29 is 14.5 Å². The van der Waals surface area contributed by atoms with E-state index in [0.717, 1.165) is 6.42 Å². The molecule has 0 radical (unpaired) electrons. The topological polar surface area (TPSA) is 120 Å². The van der Waals surface area contributed by atoms with Gasteiger partial charge in [0, 0.05) is 17.3 Å². The zero-order valence-electron chi connectivity index (χ0n) is 13.6. The van der Waals surface area contributed by atoms with E-state index < -0.39 is 10.8 Å². The molecule has 8 nitrogen and oxygen atoms in total. The molecule has 0 aromatic heterocycles. The van der Waals surface area contributed by atoms with Gasteiger partial charge in [0.15, 0.2) is 5.75 Å². The molecule has 0 aliphatic rings. The third kappa shape index (κ3) is 4.77. The van der Waals surface area contributed by atoms with Crippen molar-refractivity contribution in [3.05, 3.63) is 63.7 Å². The van der Waals surface area contributed by atoms with Crippen LogP contribution < -0.4 is 15.9 Å². The summed E-state index contributed by atoms with van der Waals surface area (Å²) in [6.45, 7) is 2.30. The highest BCUT2D eigenvalue weighted by Crippen LogP contribution is 2.27. The van der Waals surface area contributed by atoms with E-state index in [2.05, 4.69) is 10.5 Å². The summed E-state index contributed by atoms with van der Waals surface area (Å²) in [4.78, 5) is 22.6. The molecule has 2 aromatic rings. The van der Waals surface area contributed by atoms with Crippen LogP contribution in [0.25, 0.3) is 0 Å². The van der Waals surface area contributed by atoms with Crippen LogP contribution in [-0.4, -0.2) is 23.7 Å². The highest BCUT2D eigenvalue weighted by Gasteiger charge is 2.15. The second-order valence-corrected chi connectivity index (χ2v) is 5.12. The molecule has 0 aliphatic heterocycles. The molecule has 0 bridgehead atoms. The number of amides is 1. The van der Waals surface area contributed by atoms with Crippen molar-refractivity contribution >= 4 is 23.5 Å². The third-order valence-electron chi connectivity index (χ3n) is 3.23. The van der Waals surface area contributed by atoms with Crippen LogP contribution in [0.1, 0.15) is 29.3 Å². The lowest BCUT2D eigenvalue weighted by atomic mass is 10.2. The van der Waals surface area contributed by atoms with Gasteiger partial charge in [0.1, 0.15) is 0 Å². The van der Waals surface area contributed by atoms with Gasteiger partial charge in [0.05, 0.1) is 23.3 Å². The van der Waals surface area contributed by atoms with Crippen molar-refractivity contribution in [1.29, 1.82) is 0 Å². The van der Waals surface area contributed by atoms with Gasteiger partial charge in [-0.15, -0.1) is 0 Å². The number of nitrogen functional groups attached to an aromatic ring is 1. The van der Waals surface area contributed by atoms with Crippen LogP contribution >= 0.6 is 0 Å². The number of hydrogen-bond donors (Lipinski definition) is 2. The molecule has 3 N–H and O–H groups in total. The monoisotopic (exact) mass is 342 g/mol. The van der Waals surface area contributed by atoms with Gasteiger partial charge in [-0.3, -0.25) is 14.9 Å². The Balaban J connectivity index is 2.10. The Hall–Kier alpha value is -3.42. The number of nitrogens with one attached hydrogen (secondary N) is 1. The van der Waals surface area contributed by atoms with E-state index in [0.29, 0.717) is 23.4 Å². The molecule has 2 aromatic carbocycles. The Morgan fingerprint density at radius 1 is 1.36 bits per heavy atom. The van der Waals surface area contributed by atoms with Crippen LogP contribution in [0.2, 0.25) is 0 Å². The largest absolute Gasteiger partial charge is 0.487 e. The van der Waals surface area contributed by atoms with Crippen LogP contribution in [0, 0.1) is 10.1 Å². The van der Waals surface area contributed by atoms with E-state index in [4.69, 9.17) is 10.5 Å². The minimum atomic E-state index is -0.522. The Morgan fingerprint density at radius 2 is 2.12 bits per heavy atom. The zero-order valence-corrected chi connectivity index (χ0v) is 13.6. The summed E-state index contributed by atoms with van der Waals surface area (Å²) < 4.78 is 5.35. The second kappa shape index (κ2) is 8.44. The predicted molar refractivity (Wildman–Crippen MR) is 94.8 cm³/mol. The van der Waals surface area contributed by atoms with Gasteiger partial charge in [-0.1, -0.05) is 19.1 Å². The maximum atomic E-state index is 12.0. The van der Waals surface area contributed by atoms with Crippen LogP contribution in [0.5, 0.6) is 5.75 Å². The zero-order chi connectivity index (χ0) is 18.2. The number of carbonyl (C=O) groups excluding carboxylic acids is 1. The molecular weight excluding hydrogens is 324 g/mol. The Morgan fingerprint density at radius 3 is 2.80 bits per heavy atom. The highest BCUT2D eigenvalue weighted by atomic mass is 16.6. The molecule has 0 atom stereocenters. The molecule has 25 heavy (non-hydrogen) atoms. The summed E-state index contributed by atoms with van der Waals surface area (Å²) in [7, 11) is 0. The van der Waals surface area contributed by atoms with E-state index in [9.17, 15) is 14.9 Å². The Labute approximate surface area is 144 Å². The smallest absolute Gasteiger partial charge is 0.311 e. The van der Waals surface area contributed by atoms with Crippen molar-refractivity contribution in [3.8, 4) is 5.75 Å². The van der Waals surface area contributed by atoms with Crippen LogP contribution in [0.15, 0.2) is 47.6 Å². The van der Waals surface area contributed by atoms with Gasteiger partial charge < -0.3 is 10.5 Å². The molecule has 8 heteroatoms. The molecule has 0 fully saturated rings. The average Bonchev–Trinajstić information content (AvgIpc) is 2.60. The normalized spacial score (nSPS) is 10.6.